The summed E-state index contributed by atoms with van der Waals surface area (Å²) in [5.41, 5.74) is 2.64. The van der Waals surface area contributed by atoms with E-state index in [1.165, 1.54) is 0 Å². The van der Waals surface area contributed by atoms with Crippen molar-refractivity contribution in [3.63, 3.8) is 0 Å². The van der Waals surface area contributed by atoms with E-state index in [0.717, 1.165) is 22.5 Å². The fourth-order valence-electron chi connectivity index (χ4n) is 1.75. The van der Waals surface area contributed by atoms with Crippen molar-refractivity contribution in [2.45, 2.75) is 32.6 Å². The van der Waals surface area contributed by atoms with Gasteiger partial charge in [0.1, 0.15) is 5.82 Å². The molecule has 0 bridgehead atoms. The normalized spacial score (nSPS) is 11.8. The lowest BCUT2D eigenvalue weighted by Crippen LogP contribution is -2.12. The summed E-state index contributed by atoms with van der Waals surface area (Å²) >= 11 is 3.25. The molecule has 2 rings (SSSR count). The number of H-pyrrole nitrogens is 1. The van der Waals surface area contributed by atoms with Crippen LogP contribution in [0.2, 0.25) is 0 Å². The summed E-state index contributed by atoms with van der Waals surface area (Å²) < 4.78 is 0. The molecule has 4 nitrogen and oxygen atoms in total. The molecule has 2 N–H and O–H groups in total. The third-order valence-corrected chi connectivity index (χ3v) is 3.19. The SMILES string of the molecule is CC(C)(C)c1nc2ccc(NC(=O)CCBr)cc2[nH]1. The van der Waals surface area contributed by atoms with Crippen LogP contribution in [-0.4, -0.2) is 21.2 Å². The van der Waals surface area contributed by atoms with Crippen molar-refractivity contribution in [3.8, 4) is 0 Å². The van der Waals surface area contributed by atoms with Crippen molar-refractivity contribution in [2.24, 2.45) is 0 Å². The van der Waals surface area contributed by atoms with Gasteiger partial charge in [-0.25, -0.2) is 4.98 Å². The molecule has 0 fully saturated rings. The Labute approximate surface area is 121 Å². The van der Waals surface area contributed by atoms with Crippen molar-refractivity contribution in [3.05, 3.63) is 24.0 Å². The molecule has 1 heterocycles. The van der Waals surface area contributed by atoms with Crippen LogP contribution in [0.25, 0.3) is 11.0 Å². The highest BCUT2D eigenvalue weighted by molar-refractivity contribution is 9.09. The number of fused-ring (bicyclic) bond motifs is 1. The Hall–Kier alpha value is -1.36. The zero-order valence-electron chi connectivity index (χ0n) is 11.4. The second kappa shape index (κ2) is 5.33. The van der Waals surface area contributed by atoms with Crippen LogP contribution in [-0.2, 0) is 10.2 Å². The molecule has 1 aromatic heterocycles. The first-order chi connectivity index (χ1) is 8.90. The van der Waals surface area contributed by atoms with Gasteiger partial charge in [-0.05, 0) is 18.2 Å². The Balaban J connectivity index is 2.28. The molecule has 0 aliphatic heterocycles. The molecule has 5 heteroatoms. The lowest BCUT2D eigenvalue weighted by molar-refractivity contribution is -0.115. The number of rotatable bonds is 3. The van der Waals surface area contributed by atoms with Gasteiger partial charge in [0.2, 0.25) is 5.91 Å². The van der Waals surface area contributed by atoms with Crippen LogP contribution in [0.3, 0.4) is 0 Å². The van der Waals surface area contributed by atoms with E-state index in [1.54, 1.807) is 0 Å². The maximum Gasteiger partial charge on any atom is 0.225 e. The van der Waals surface area contributed by atoms with Crippen LogP contribution >= 0.6 is 15.9 Å². The molecule has 0 saturated heterocycles. The molecule has 0 atom stereocenters. The molecule has 0 aliphatic rings. The summed E-state index contributed by atoms with van der Waals surface area (Å²) in [5, 5.41) is 3.53. The number of anilines is 1. The first kappa shape index (κ1) is 14.1. The molecule has 102 valence electrons. The number of aromatic amines is 1. The summed E-state index contributed by atoms with van der Waals surface area (Å²) in [7, 11) is 0. The number of hydrogen-bond acceptors (Lipinski definition) is 2. The van der Waals surface area contributed by atoms with E-state index in [2.05, 4.69) is 52.0 Å². The fraction of sp³-hybridized carbons (Fsp3) is 0.429. The highest BCUT2D eigenvalue weighted by atomic mass is 79.9. The predicted molar refractivity (Wildman–Crippen MR) is 81.8 cm³/mol. The number of carbonyl (C=O) groups is 1. The molecule has 0 saturated carbocycles. The van der Waals surface area contributed by atoms with Gasteiger partial charge in [0.05, 0.1) is 11.0 Å². The van der Waals surface area contributed by atoms with Gasteiger partial charge in [-0.3, -0.25) is 4.79 Å². The third kappa shape index (κ3) is 3.35. The topological polar surface area (TPSA) is 57.8 Å². The zero-order valence-corrected chi connectivity index (χ0v) is 13.0. The number of nitrogens with zero attached hydrogens (tertiary/aromatic N) is 1. The standard InChI is InChI=1S/C14H18BrN3O/c1-14(2,3)13-17-10-5-4-9(8-11(10)18-13)16-12(19)6-7-15/h4-5,8H,6-7H2,1-3H3,(H,16,19)(H,17,18). The molecule has 0 radical (unpaired) electrons. The van der Waals surface area contributed by atoms with E-state index in [9.17, 15) is 4.79 Å². The summed E-state index contributed by atoms with van der Waals surface area (Å²) in [6.07, 6.45) is 0.467. The maximum absolute atomic E-state index is 11.5. The van der Waals surface area contributed by atoms with Crippen LogP contribution < -0.4 is 5.32 Å². The quantitative estimate of drug-likeness (QED) is 0.848. The van der Waals surface area contributed by atoms with Crippen molar-refractivity contribution in [2.75, 3.05) is 10.6 Å². The number of nitrogens with one attached hydrogen (secondary N) is 2. The van der Waals surface area contributed by atoms with Gasteiger partial charge in [0.25, 0.3) is 0 Å². The molecule has 1 aromatic carbocycles. The zero-order chi connectivity index (χ0) is 14.0. The number of halogens is 1. The number of benzene rings is 1. The van der Waals surface area contributed by atoms with E-state index in [0.29, 0.717) is 11.8 Å². The van der Waals surface area contributed by atoms with Crippen LogP contribution in [0.4, 0.5) is 5.69 Å². The monoisotopic (exact) mass is 323 g/mol. The lowest BCUT2D eigenvalue weighted by atomic mass is 9.96. The molecule has 1 amide bonds. The third-order valence-electron chi connectivity index (χ3n) is 2.80. The van der Waals surface area contributed by atoms with E-state index in [1.807, 2.05) is 18.2 Å². The number of aromatic nitrogens is 2. The molecule has 0 unspecified atom stereocenters. The first-order valence-corrected chi connectivity index (χ1v) is 7.38. The molecule has 0 aliphatic carbocycles. The minimum absolute atomic E-state index is 0.00628. The van der Waals surface area contributed by atoms with Crippen molar-refractivity contribution < 1.29 is 4.79 Å². The first-order valence-electron chi connectivity index (χ1n) is 6.26. The summed E-state index contributed by atoms with van der Waals surface area (Å²) in [6.45, 7) is 6.34. The number of imidazole rings is 1. The Morgan fingerprint density at radius 2 is 2.16 bits per heavy atom. The average molecular weight is 324 g/mol. The molecule has 2 aromatic rings. The smallest absolute Gasteiger partial charge is 0.225 e. The van der Waals surface area contributed by atoms with Gasteiger partial charge in [-0.2, -0.15) is 0 Å². The second-order valence-corrected chi connectivity index (χ2v) is 6.35. The summed E-state index contributed by atoms with van der Waals surface area (Å²) in [6, 6.07) is 5.72. The van der Waals surface area contributed by atoms with Crippen molar-refractivity contribution in [1.29, 1.82) is 0 Å². The minimum Gasteiger partial charge on any atom is -0.341 e. The van der Waals surface area contributed by atoms with Crippen LogP contribution in [0.1, 0.15) is 33.0 Å². The Morgan fingerprint density at radius 3 is 2.79 bits per heavy atom. The number of alkyl halides is 1. The molecule has 19 heavy (non-hydrogen) atoms. The Morgan fingerprint density at radius 1 is 1.42 bits per heavy atom. The second-order valence-electron chi connectivity index (χ2n) is 5.55. The molecule has 0 spiro atoms. The van der Waals surface area contributed by atoms with Crippen LogP contribution in [0.5, 0.6) is 0 Å². The molecular weight excluding hydrogens is 306 g/mol. The van der Waals surface area contributed by atoms with Gasteiger partial charge in [-0.1, -0.05) is 36.7 Å². The highest BCUT2D eigenvalue weighted by Gasteiger charge is 2.18. The van der Waals surface area contributed by atoms with E-state index in [-0.39, 0.29) is 11.3 Å². The minimum atomic E-state index is -0.0155. The Bertz CT molecular complexity index is 598. The van der Waals surface area contributed by atoms with E-state index in [4.69, 9.17) is 0 Å². The van der Waals surface area contributed by atoms with E-state index < -0.39 is 0 Å². The molecular formula is C14H18BrN3O. The highest BCUT2D eigenvalue weighted by Crippen LogP contribution is 2.24. The number of hydrogen-bond donors (Lipinski definition) is 2. The summed E-state index contributed by atoms with van der Waals surface area (Å²) in [5.74, 6) is 0.957. The van der Waals surface area contributed by atoms with Crippen molar-refractivity contribution >= 4 is 38.6 Å². The van der Waals surface area contributed by atoms with Gasteiger partial charge >= 0.3 is 0 Å². The van der Waals surface area contributed by atoms with Gasteiger partial charge < -0.3 is 10.3 Å². The van der Waals surface area contributed by atoms with Gasteiger partial charge in [0, 0.05) is 22.9 Å². The Kier molecular flexibility index (Phi) is 3.94. The van der Waals surface area contributed by atoms with E-state index >= 15 is 0 Å². The maximum atomic E-state index is 11.5. The largest absolute Gasteiger partial charge is 0.341 e. The van der Waals surface area contributed by atoms with Gasteiger partial charge in [0.15, 0.2) is 0 Å². The van der Waals surface area contributed by atoms with Gasteiger partial charge in [-0.15, -0.1) is 0 Å². The number of carbonyl (C=O) groups excluding carboxylic acids is 1. The number of amides is 1. The summed E-state index contributed by atoms with van der Waals surface area (Å²) in [4.78, 5) is 19.4. The van der Waals surface area contributed by atoms with Crippen LogP contribution in [0, 0.1) is 0 Å². The van der Waals surface area contributed by atoms with Crippen LogP contribution in [0.15, 0.2) is 18.2 Å². The average Bonchev–Trinajstić information content (AvgIpc) is 2.71. The predicted octanol–water partition coefficient (Wildman–Crippen LogP) is 3.58. The lowest BCUT2D eigenvalue weighted by Gasteiger charge is -2.13. The fourth-order valence-corrected chi connectivity index (χ4v) is 2.11. The van der Waals surface area contributed by atoms with Crippen molar-refractivity contribution in [1.82, 2.24) is 9.97 Å².